The van der Waals surface area contributed by atoms with Crippen molar-refractivity contribution in [2.24, 2.45) is 5.73 Å². The molecule has 1 aromatic rings. The molecule has 0 aliphatic carbocycles. The van der Waals surface area contributed by atoms with Gasteiger partial charge in [0.25, 0.3) is 0 Å². The van der Waals surface area contributed by atoms with E-state index in [0.29, 0.717) is 6.04 Å². The highest BCUT2D eigenvalue weighted by molar-refractivity contribution is 4.80. The van der Waals surface area contributed by atoms with Crippen molar-refractivity contribution < 1.29 is 0 Å². The average molecular weight is 180 g/mol. The highest BCUT2D eigenvalue weighted by Crippen LogP contribution is 2.06. The first-order valence-electron chi connectivity index (χ1n) is 4.80. The zero-order valence-corrected chi connectivity index (χ0v) is 7.76. The Bertz CT molecular complexity index is 244. The van der Waals surface area contributed by atoms with E-state index in [2.05, 4.69) is 10.00 Å². The van der Waals surface area contributed by atoms with Gasteiger partial charge in [-0.25, -0.2) is 0 Å². The van der Waals surface area contributed by atoms with E-state index in [1.54, 1.807) is 0 Å². The van der Waals surface area contributed by atoms with Crippen LogP contribution in [0.1, 0.15) is 6.42 Å². The number of likely N-dealkylation sites (tertiary alicyclic amines) is 1. The molecule has 1 fully saturated rings. The van der Waals surface area contributed by atoms with Crippen LogP contribution in [0.2, 0.25) is 0 Å². The molecule has 1 atom stereocenters. The standard InChI is InChI=1S/C9H16N4/c10-9-2-5-12(8-9)6-7-13-4-1-3-11-13/h1,3-4,9H,2,5-8,10H2/t9-/m0/s1. The van der Waals surface area contributed by atoms with E-state index in [1.165, 1.54) is 0 Å². The summed E-state index contributed by atoms with van der Waals surface area (Å²) >= 11 is 0. The third-order valence-corrected chi connectivity index (χ3v) is 2.51. The second kappa shape index (κ2) is 3.89. The maximum atomic E-state index is 5.81. The predicted molar refractivity (Wildman–Crippen MR) is 51.3 cm³/mol. The van der Waals surface area contributed by atoms with Gasteiger partial charge in [-0.15, -0.1) is 0 Å². The first kappa shape index (κ1) is 8.72. The van der Waals surface area contributed by atoms with Crippen molar-refractivity contribution in [3.05, 3.63) is 18.5 Å². The predicted octanol–water partition coefficient (Wildman–Crippen LogP) is -0.0839. The summed E-state index contributed by atoms with van der Waals surface area (Å²) in [4.78, 5) is 2.40. The van der Waals surface area contributed by atoms with Gasteiger partial charge in [0.2, 0.25) is 0 Å². The lowest BCUT2D eigenvalue weighted by atomic mass is 10.3. The summed E-state index contributed by atoms with van der Waals surface area (Å²) < 4.78 is 1.96. The van der Waals surface area contributed by atoms with Gasteiger partial charge in [-0.3, -0.25) is 9.58 Å². The smallest absolute Gasteiger partial charge is 0.0536 e. The Kier molecular flexibility index (Phi) is 2.61. The van der Waals surface area contributed by atoms with Crippen LogP contribution in [0.15, 0.2) is 18.5 Å². The molecule has 1 aromatic heterocycles. The molecule has 2 N–H and O–H groups in total. The van der Waals surface area contributed by atoms with Gasteiger partial charge in [0, 0.05) is 31.5 Å². The number of nitrogens with two attached hydrogens (primary N) is 1. The highest BCUT2D eigenvalue weighted by Gasteiger charge is 2.17. The van der Waals surface area contributed by atoms with Crippen molar-refractivity contribution in [1.29, 1.82) is 0 Å². The van der Waals surface area contributed by atoms with E-state index in [-0.39, 0.29) is 0 Å². The van der Waals surface area contributed by atoms with Crippen molar-refractivity contribution in [2.45, 2.75) is 19.0 Å². The summed E-state index contributed by atoms with van der Waals surface area (Å²) in [7, 11) is 0. The summed E-state index contributed by atoms with van der Waals surface area (Å²) in [6.45, 7) is 4.22. The fourth-order valence-electron chi connectivity index (χ4n) is 1.74. The second-order valence-electron chi connectivity index (χ2n) is 3.62. The molecule has 0 spiro atoms. The van der Waals surface area contributed by atoms with Crippen molar-refractivity contribution in [1.82, 2.24) is 14.7 Å². The third-order valence-electron chi connectivity index (χ3n) is 2.51. The fraction of sp³-hybridized carbons (Fsp3) is 0.667. The topological polar surface area (TPSA) is 47.1 Å². The molecule has 0 aromatic carbocycles. The molecule has 0 bridgehead atoms. The van der Waals surface area contributed by atoms with Crippen LogP contribution in [-0.4, -0.2) is 40.4 Å². The number of hydrogen-bond donors (Lipinski definition) is 1. The molecular weight excluding hydrogens is 164 g/mol. The molecule has 1 saturated heterocycles. The van der Waals surface area contributed by atoms with Gasteiger partial charge in [0.05, 0.1) is 6.54 Å². The van der Waals surface area contributed by atoms with Crippen LogP contribution in [0.5, 0.6) is 0 Å². The summed E-state index contributed by atoms with van der Waals surface area (Å²) in [5, 5.41) is 4.15. The van der Waals surface area contributed by atoms with Gasteiger partial charge in [-0.05, 0) is 19.0 Å². The van der Waals surface area contributed by atoms with Gasteiger partial charge in [-0.1, -0.05) is 0 Å². The van der Waals surface area contributed by atoms with Gasteiger partial charge in [0.15, 0.2) is 0 Å². The Hall–Kier alpha value is -0.870. The lowest BCUT2D eigenvalue weighted by Crippen LogP contribution is -2.29. The molecule has 0 unspecified atom stereocenters. The van der Waals surface area contributed by atoms with Crippen molar-refractivity contribution in [2.75, 3.05) is 19.6 Å². The number of hydrogen-bond acceptors (Lipinski definition) is 3. The monoisotopic (exact) mass is 180 g/mol. The Balaban J connectivity index is 1.74. The summed E-state index contributed by atoms with van der Waals surface area (Å²) in [6, 6.07) is 2.34. The van der Waals surface area contributed by atoms with E-state index in [4.69, 9.17) is 5.73 Å². The quantitative estimate of drug-likeness (QED) is 0.707. The van der Waals surface area contributed by atoms with Crippen LogP contribution in [0.3, 0.4) is 0 Å². The van der Waals surface area contributed by atoms with E-state index < -0.39 is 0 Å². The van der Waals surface area contributed by atoms with Crippen LogP contribution in [0, 0.1) is 0 Å². The first-order valence-corrected chi connectivity index (χ1v) is 4.80. The van der Waals surface area contributed by atoms with Gasteiger partial charge < -0.3 is 5.73 Å². The fourth-order valence-corrected chi connectivity index (χ4v) is 1.74. The molecule has 2 rings (SSSR count). The van der Waals surface area contributed by atoms with E-state index in [0.717, 1.165) is 32.6 Å². The van der Waals surface area contributed by atoms with E-state index >= 15 is 0 Å². The zero-order chi connectivity index (χ0) is 9.10. The normalized spacial score (nSPS) is 23.9. The van der Waals surface area contributed by atoms with Gasteiger partial charge in [0.1, 0.15) is 0 Å². The lowest BCUT2D eigenvalue weighted by molar-refractivity contribution is 0.312. The Morgan fingerprint density at radius 1 is 1.46 bits per heavy atom. The lowest BCUT2D eigenvalue weighted by Gasteiger charge is -2.14. The van der Waals surface area contributed by atoms with Gasteiger partial charge in [-0.2, -0.15) is 5.10 Å². The van der Waals surface area contributed by atoms with Crippen LogP contribution in [0.25, 0.3) is 0 Å². The summed E-state index contributed by atoms with van der Waals surface area (Å²) in [5.74, 6) is 0. The molecule has 0 saturated carbocycles. The molecule has 4 heteroatoms. The molecule has 13 heavy (non-hydrogen) atoms. The third kappa shape index (κ3) is 2.29. The molecule has 1 aliphatic heterocycles. The first-order chi connectivity index (χ1) is 6.34. The minimum Gasteiger partial charge on any atom is -0.326 e. The molecule has 2 heterocycles. The van der Waals surface area contributed by atoms with Crippen molar-refractivity contribution in [3.8, 4) is 0 Å². The highest BCUT2D eigenvalue weighted by atomic mass is 15.3. The molecule has 72 valence electrons. The van der Waals surface area contributed by atoms with Crippen LogP contribution < -0.4 is 5.73 Å². The zero-order valence-electron chi connectivity index (χ0n) is 7.76. The number of rotatable bonds is 3. The Labute approximate surface area is 78.3 Å². The molecule has 1 aliphatic rings. The Morgan fingerprint density at radius 2 is 2.38 bits per heavy atom. The molecule has 0 amide bonds. The number of aromatic nitrogens is 2. The summed E-state index contributed by atoms with van der Waals surface area (Å²) in [5.41, 5.74) is 5.81. The minimum atomic E-state index is 0.387. The number of nitrogens with zero attached hydrogens (tertiary/aromatic N) is 3. The maximum absolute atomic E-state index is 5.81. The van der Waals surface area contributed by atoms with Crippen LogP contribution in [-0.2, 0) is 6.54 Å². The largest absolute Gasteiger partial charge is 0.326 e. The van der Waals surface area contributed by atoms with E-state index in [9.17, 15) is 0 Å². The SMILES string of the molecule is N[C@H]1CCN(CCn2cccn2)C1. The molecule has 0 radical (unpaired) electrons. The molecular formula is C9H16N4. The molecule has 4 nitrogen and oxygen atoms in total. The summed E-state index contributed by atoms with van der Waals surface area (Å²) in [6.07, 6.45) is 4.95. The van der Waals surface area contributed by atoms with Gasteiger partial charge >= 0.3 is 0 Å². The average Bonchev–Trinajstić information content (AvgIpc) is 2.71. The van der Waals surface area contributed by atoms with Crippen LogP contribution >= 0.6 is 0 Å². The van der Waals surface area contributed by atoms with Crippen LogP contribution in [0.4, 0.5) is 0 Å². The Morgan fingerprint density at radius 3 is 3.00 bits per heavy atom. The maximum Gasteiger partial charge on any atom is 0.0536 e. The van der Waals surface area contributed by atoms with Crippen molar-refractivity contribution >= 4 is 0 Å². The van der Waals surface area contributed by atoms with Crippen molar-refractivity contribution in [3.63, 3.8) is 0 Å². The minimum absolute atomic E-state index is 0.387. The van der Waals surface area contributed by atoms with E-state index in [1.807, 2.05) is 23.1 Å². The second-order valence-corrected chi connectivity index (χ2v) is 3.62.